The van der Waals surface area contributed by atoms with E-state index >= 15 is 0 Å². The van der Waals surface area contributed by atoms with Gasteiger partial charge in [-0.2, -0.15) is 0 Å². The molecule has 1 aromatic carbocycles. The van der Waals surface area contributed by atoms with E-state index in [0.29, 0.717) is 0 Å². The molecule has 0 radical (unpaired) electrons. The zero-order valence-electron chi connectivity index (χ0n) is 9.24. The molecular weight excluding hydrogens is 184 g/mol. The number of nitrogen functional groups attached to an aromatic ring is 1. The zero-order chi connectivity index (χ0) is 10.4. The van der Waals surface area contributed by atoms with E-state index in [1.165, 1.54) is 37.1 Å². The minimum atomic E-state index is 0.738. The highest BCUT2D eigenvalue weighted by molar-refractivity contribution is 5.53. The number of anilines is 1. The van der Waals surface area contributed by atoms with Crippen molar-refractivity contribution in [2.24, 2.45) is 5.92 Å². The molecule has 15 heavy (non-hydrogen) atoms. The van der Waals surface area contributed by atoms with Gasteiger partial charge < -0.3 is 10.6 Å². The lowest BCUT2D eigenvalue weighted by molar-refractivity contribution is 0.387. The molecule has 2 N–H and O–H groups in total. The number of likely N-dealkylation sites (tertiary alicyclic amines) is 1. The Labute approximate surface area is 91.1 Å². The molecule has 80 valence electrons. The largest absolute Gasteiger partial charge is 0.398 e. The number of benzene rings is 1. The van der Waals surface area contributed by atoms with Gasteiger partial charge in [0, 0.05) is 24.7 Å². The van der Waals surface area contributed by atoms with Crippen LogP contribution in [0.25, 0.3) is 0 Å². The normalized spacial score (nSPS) is 29.9. The summed E-state index contributed by atoms with van der Waals surface area (Å²) >= 11 is 0. The minimum Gasteiger partial charge on any atom is -0.398 e. The lowest BCUT2D eigenvalue weighted by atomic mass is 9.76. The first-order valence-corrected chi connectivity index (χ1v) is 5.81. The molecule has 2 atom stereocenters. The van der Waals surface area contributed by atoms with Crippen LogP contribution in [0.4, 0.5) is 5.69 Å². The van der Waals surface area contributed by atoms with Gasteiger partial charge in [0.2, 0.25) is 0 Å². The first-order valence-electron chi connectivity index (χ1n) is 5.81. The van der Waals surface area contributed by atoms with Gasteiger partial charge >= 0.3 is 0 Å². The van der Waals surface area contributed by atoms with Gasteiger partial charge in [-0.3, -0.25) is 0 Å². The minimum absolute atomic E-state index is 0.738. The summed E-state index contributed by atoms with van der Waals surface area (Å²) in [6.45, 7) is 2.47. The van der Waals surface area contributed by atoms with Crippen LogP contribution in [0.15, 0.2) is 18.2 Å². The monoisotopic (exact) mass is 202 g/mol. The highest BCUT2D eigenvalue weighted by Gasteiger charge is 2.36. The van der Waals surface area contributed by atoms with Crippen LogP contribution in [0.3, 0.4) is 0 Å². The summed E-state index contributed by atoms with van der Waals surface area (Å²) in [6.07, 6.45) is 2.49. The summed E-state index contributed by atoms with van der Waals surface area (Å²) in [5, 5.41) is 0. The summed E-state index contributed by atoms with van der Waals surface area (Å²) in [6, 6.07) is 6.42. The van der Waals surface area contributed by atoms with Crippen molar-refractivity contribution >= 4 is 5.69 Å². The average molecular weight is 202 g/mol. The first kappa shape index (κ1) is 9.22. The van der Waals surface area contributed by atoms with Gasteiger partial charge in [0.05, 0.1) is 0 Å². The summed E-state index contributed by atoms with van der Waals surface area (Å²) in [5.74, 6) is 1.60. The van der Waals surface area contributed by atoms with Crippen LogP contribution in [0.1, 0.15) is 23.5 Å². The molecule has 1 aliphatic carbocycles. The fourth-order valence-electron chi connectivity index (χ4n) is 3.32. The van der Waals surface area contributed by atoms with Crippen LogP contribution >= 0.6 is 0 Å². The Balaban J connectivity index is 2.05. The molecule has 0 saturated carbocycles. The molecule has 3 rings (SSSR count). The van der Waals surface area contributed by atoms with Crippen LogP contribution in [0.5, 0.6) is 0 Å². The number of fused-ring (bicyclic) bond motifs is 3. The van der Waals surface area contributed by atoms with Gasteiger partial charge in [0.1, 0.15) is 0 Å². The smallest absolute Gasteiger partial charge is 0.0349 e. The van der Waals surface area contributed by atoms with Crippen LogP contribution in [-0.2, 0) is 6.42 Å². The summed E-state index contributed by atoms with van der Waals surface area (Å²) in [5.41, 5.74) is 9.99. The van der Waals surface area contributed by atoms with E-state index in [0.717, 1.165) is 17.5 Å². The van der Waals surface area contributed by atoms with Gasteiger partial charge in [-0.05, 0) is 43.0 Å². The maximum atomic E-state index is 6.05. The molecule has 1 heterocycles. The number of hydrogen-bond donors (Lipinski definition) is 1. The van der Waals surface area contributed by atoms with Crippen molar-refractivity contribution in [1.29, 1.82) is 0 Å². The van der Waals surface area contributed by atoms with E-state index < -0.39 is 0 Å². The van der Waals surface area contributed by atoms with Crippen molar-refractivity contribution in [3.63, 3.8) is 0 Å². The third-order valence-corrected chi connectivity index (χ3v) is 4.04. The SMILES string of the molecule is CN1CC2CCc3c(N)cccc3C2C1. The molecular formula is C13H18N2. The van der Waals surface area contributed by atoms with E-state index in [4.69, 9.17) is 5.73 Å². The van der Waals surface area contributed by atoms with Gasteiger partial charge in [-0.15, -0.1) is 0 Å². The lowest BCUT2D eigenvalue weighted by Crippen LogP contribution is -2.19. The van der Waals surface area contributed by atoms with Crippen LogP contribution in [0, 0.1) is 5.92 Å². The molecule has 0 amide bonds. The first-order chi connectivity index (χ1) is 7.25. The van der Waals surface area contributed by atoms with E-state index in [1.54, 1.807) is 0 Å². The number of nitrogens with two attached hydrogens (primary N) is 1. The number of nitrogens with zero attached hydrogens (tertiary/aromatic N) is 1. The fourth-order valence-corrected chi connectivity index (χ4v) is 3.32. The van der Waals surface area contributed by atoms with Crippen molar-refractivity contribution in [2.45, 2.75) is 18.8 Å². The molecule has 1 aliphatic heterocycles. The van der Waals surface area contributed by atoms with Crippen molar-refractivity contribution in [2.75, 3.05) is 25.9 Å². The highest BCUT2D eigenvalue weighted by Crippen LogP contribution is 2.42. The average Bonchev–Trinajstić information content (AvgIpc) is 2.59. The number of likely N-dealkylation sites (N-methyl/N-ethyl adjacent to an activating group) is 1. The standard InChI is InChI=1S/C13H18N2/c1-15-7-9-5-6-11-10(12(9)8-15)3-2-4-13(11)14/h2-4,9,12H,5-8,14H2,1H3. The number of hydrogen-bond acceptors (Lipinski definition) is 2. The van der Waals surface area contributed by atoms with Crippen molar-refractivity contribution in [3.05, 3.63) is 29.3 Å². The van der Waals surface area contributed by atoms with Crippen LogP contribution in [-0.4, -0.2) is 25.0 Å². The quantitative estimate of drug-likeness (QED) is 0.651. The van der Waals surface area contributed by atoms with E-state index in [9.17, 15) is 0 Å². The third-order valence-electron chi connectivity index (χ3n) is 4.04. The van der Waals surface area contributed by atoms with Gasteiger partial charge in [-0.1, -0.05) is 12.1 Å². The third kappa shape index (κ3) is 1.36. The Morgan fingerprint density at radius 3 is 3.07 bits per heavy atom. The predicted molar refractivity (Wildman–Crippen MR) is 62.9 cm³/mol. The van der Waals surface area contributed by atoms with Gasteiger partial charge in [-0.25, -0.2) is 0 Å². The molecule has 0 bridgehead atoms. The topological polar surface area (TPSA) is 29.3 Å². The Bertz CT molecular complexity index is 386. The summed E-state index contributed by atoms with van der Waals surface area (Å²) < 4.78 is 0. The Morgan fingerprint density at radius 2 is 2.20 bits per heavy atom. The number of rotatable bonds is 0. The maximum Gasteiger partial charge on any atom is 0.0349 e. The Morgan fingerprint density at radius 1 is 1.33 bits per heavy atom. The summed E-state index contributed by atoms with van der Waals surface area (Å²) in [4.78, 5) is 2.45. The molecule has 1 aromatic rings. The molecule has 0 aromatic heterocycles. The highest BCUT2D eigenvalue weighted by atomic mass is 15.1. The van der Waals surface area contributed by atoms with E-state index in [-0.39, 0.29) is 0 Å². The fraction of sp³-hybridized carbons (Fsp3) is 0.538. The van der Waals surface area contributed by atoms with Crippen LogP contribution < -0.4 is 5.73 Å². The molecule has 2 unspecified atom stereocenters. The lowest BCUT2D eigenvalue weighted by Gasteiger charge is -2.28. The van der Waals surface area contributed by atoms with Crippen molar-refractivity contribution in [3.8, 4) is 0 Å². The second-order valence-electron chi connectivity index (χ2n) is 5.04. The van der Waals surface area contributed by atoms with Crippen molar-refractivity contribution in [1.82, 2.24) is 4.90 Å². The molecule has 2 nitrogen and oxygen atoms in total. The second kappa shape index (κ2) is 3.24. The zero-order valence-corrected chi connectivity index (χ0v) is 9.24. The Hall–Kier alpha value is -1.02. The summed E-state index contributed by atoms with van der Waals surface area (Å²) in [7, 11) is 2.23. The molecule has 0 spiro atoms. The molecule has 2 aliphatic rings. The molecule has 2 heteroatoms. The van der Waals surface area contributed by atoms with Gasteiger partial charge in [0.15, 0.2) is 0 Å². The predicted octanol–water partition coefficient (Wildman–Crippen LogP) is 1.86. The molecule has 1 saturated heterocycles. The maximum absolute atomic E-state index is 6.05. The van der Waals surface area contributed by atoms with Crippen LogP contribution in [0.2, 0.25) is 0 Å². The van der Waals surface area contributed by atoms with E-state index in [2.05, 4.69) is 24.1 Å². The van der Waals surface area contributed by atoms with Gasteiger partial charge in [0.25, 0.3) is 0 Å². The van der Waals surface area contributed by atoms with Crippen molar-refractivity contribution < 1.29 is 0 Å². The van der Waals surface area contributed by atoms with E-state index in [1.807, 2.05) is 6.07 Å². The second-order valence-corrected chi connectivity index (χ2v) is 5.04. The molecule has 1 fully saturated rings. The Kier molecular flexibility index (Phi) is 1.99.